The largest absolute Gasteiger partial charge is 0.349 e. The third-order valence-electron chi connectivity index (χ3n) is 2.53. The van der Waals surface area contributed by atoms with Crippen LogP contribution in [-0.2, 0) is 9.47 Å². The van der Waals surface area contributed by atoms with Gasteiger partial charge in [-0.25, -0.2) is 0 Å². The summed E-state index contributed by atoms with van der Waals surface area (Å²) in [6.07, 6.45) is 1.94. The molecule has 0 aromatic carbocycles. The molecule has 2 heterocycles. The van der Waals surface area contributed by atoms with E-state index in [1.54, 1.807) is 0 Å². The van der Waals surface area contributed by atoms with Crippen molar-refractivity contribution in [3.05, 3.63) is 6.92 Å². The third kappa shape index (κ3) is 1.63. The van der Waals surface area contributed by atoms with E-state index < -0.39 is 0 Å². The molecule has 2 aliphatic heterocycles. The normalized spacial score (nSPS) is 30.8. The van der Waals surface area contributed by atoms with Crippen LogP contribution in [0.1, 0.15) is 12.8 Å². The minimum Gasteiger partial charge on any atom is -0.349 e. The van der Waals surface area contributed by atoms with Crippen molar-refractivity contribution in [3.8, 4) is 0 Å². The van der Waals surface area contributed by atoms with Crippen LogP contribution in [0.4, 0.5) is 0 Å². The zero-order chi connectivity index (χ0) is 8.44. The molecule has 3 nitrogen and oxygen atoms in total. The van der Waals surface area contributed by atoms with Gasteiger partial charge in [-0.05, 0) is 6.92 Å². The minimum absolute atomic E-state index is 0.264. The van der Waals surface area contributed by atoms with Crippen LogP contribution in [0.15, 0.2) is 0 Å². The first kappa shape index (κ1) is 8.48. The van der Waals surface area contributed by atoms with Crippen LogP contribution in [0.2, 0.25) is 0 Å². The van der Waals surface area contributed by atoms with Gasteiger partial charge in [0.15, 0.2) is 5.79 Å². The summed E-state index contributed by atoms with van der Waals surface area (Å²) in [5.41, 5.74) is 0. The molecule has 1 spiro atoms. The molecule has 3 heteroatoms. The SMILES string of the molecule is [CH2]C1COC2(CCNCC2)OC1. The van der Waals surface area contributed by atoms with E-state index in [0.29, 0.717) is 5.92 Å². The molecular weight excluding hydrogens is 154 g/mol. The molecule has 0 amide bonds. The van der Waals surface area contributed by atoms with Crippen molar-refractivity contribution in [2.45, 2.75) is 18.6 Å². The number of rotatable bonds is 0. The summed E-state index contributed by atoms with van der Waals surface area (Å²) in [5.74, 6) is 0.0462. The zero-order valence-electron chi connectivity index (χ0n) is 7.34. The zero-order valence-corrected chi connectivity index (χ0v) is 7.34. The molecule has 1 radical (unpaired) electrons. The Labute approximate surface area is 73.4 Å². The highest BCUT2D eigenvalue weighted by Crippen LogP contribution is 2.29. The summed E-state index contributed by atoms with van der Waals surface area (Å²) in [6.45, 7) is 7.41. The number of hydrogen-bond donors (Lipinski definition) is 1. The highest BCUT2D eigenvalue weighted by atomic mass is 16.7. The van der Waals surface area contributed by atoms with Crippen molar-refractivity contribution in [2.24, 2.45) is 5.92 Å². The molecule has 0 unspecified atom stereocenters. The van der Waals surface area contributed by atoms with Crippen LogP contribution in [0.5, 0.6) is 0 Å². The lowest BCUT2D eigenvalue weighted by Gasteiger charge is -2.41. The highest BCUT2D eigenvalue weighted by Gasteiger charge is 2.37. The van der Waals surface area contributed by atoms with Crippen molar-refractivity contribution in [1.29, 1.82) is 0 Å². The first-order valence-corrected chi connectivity index (χ1v) is 4.62. The van der Waals surface area contributed by atoms with E-state index in [2.05, 4.69) is 12.2 Å². The molecule has 12 heavy (non-hydrogen) atoms. The minimum atomic E-state index is -0.264. The standard InChI is InChI=1S/C9H16NO2/c1-8-6-11-9(12-7-8)2-4-10-5-3-9/h8,10H,1-7H2. The molecule has 0 atom stereocenters. The Hall–Kier alpha value is -0.120. The number of nitrogens with one attached hydrogen (secondary N) is 1. The number of hydrogen-bond acceptors (Lipinski definition) is 3. The van der Waals surface area contributed by atoms with Crippen LogP contribution in [-0.4, -0.2) is 32.1 Å². The van der Waals surface area contributed by atoms with Gasteiger partial charge in [0, 0.05) is 31.8 Å². The van der Waals surface area contributed by atoms with Crippen molar-refractivity contribution >= 4 is 0 Å². The lowest BCUT2D eigenvalue weighted by Crippen LogP contribution is -2.50. The first-order chi connectivity index (χ1) is 5.81. The van der Waals surface area contributed by atoms with E-state index >= 15 is 0 Å². The van der Waals surface area contributed by atoms with Crippen molar-refractivity contribution < 1.29 is 9.47 Å². The van der Waals surface area contributed by atoms with Gasteiger partial charge in [0.2, 0.25) is 0 Å². The van der Waals surface area contributed by atoms with Crippen molar-refractivity contribution in [2.75, 3.05) is 26.3 Å². The highest BCUT2D eigenvalue weighted by molar-refractivity contribution is 4.81. The molecule has 1 N–H and O–H groups in total. The second-order valence-electron chi connectivity index (χ2n) is 3.65. The predicted molar refractivity (Wildman–Crippen MR) is 45.6 cm³/mol. The van der Waals surface area contributed by atoms with Crippen LogP contribution in [0.25, 0.3) is 0 Å². The number of piperidine rings is 1. The first-order valence-electron chi connectivity index (χ1n) is 4.62. The summed E-state index contributed by atoms with van der Waals surface area (Å²) in [4.78, 5) is 0. The average Bonchev–Trinajstić information content (AvgIpc) is 2.13. The van der Waals surface area contributed by atoms with E-state index in [1.807, 2.05) is 0 Å². The maximum atomic E-state index is 5.69. The molecule has 69 valence electrons. The monoisotopic (exact) mass is 170 g/mol. The maximum absolute atomic E-state index is 5.69. The Kier molecular flexibility index (Phi) is 2.35. The molecule has 0 bridgehead atoms. The van der Waals surface area contributed by atoms with Crippen molar-refractivity contribution in [1.82, 2.24) is 5.32 Å². The van der Waals surface area contributed by atoms with Gasteiger partial charge in [-0.3, -0.25) is 0 Å². The number of ether oxygens (including phenoxy) is 2. The van der Waals surface area contributed by atoms with Gasteiger partial charge in [0.25, 0.3) is 0 Å². The lowest BCUT2D eigenvalue weighted by molar-refractivity contribution is -0.287. The quantitative estimate of drug-likeness (QED) is 0.576. The maximum Gasteiger partial charge on any atom is 0.170 e. The third-order valence-corrected chi connectivity index (χ3v) is 2.53. The molecule has 2 rings (SSSR count). The van der Waals surface area contributed by atoms with Crippen LogP contribution < -0.4 is 5.32 Å². The molecule has 0 saturated carbocycles. The summed E-state index contributed by atoms with van der Waals surface area (Å²) < 4.78 is 11.4. The van der Waals surface area contributed by atoms with E-state index in [0.717, 1.165) is 39.1 Å². The van der Waals surface area contributed by atoms with Gasteiger partial charge in [-0.2, -0.15) is 0 Å². The Bertz CT molecular complexity index is 145. The fraction of sp³-hybridized carbons (Fsp3) is 0.889. The fourth-order valence-corrected chi connectivity index (χ4v) is 1.73. The van der Waals surface area contributed by atoms with Gasteiger partial charge in [0.05, 0.1) is 13.2 Å². The summed E-state index contributed by atoms with van der Waals surface area (Å²) >= 11 is 0. The Morgan fingerprint density at radius 1 is 1.17 bits per heavy atom. The summed E-state index contributed by atoms with van der Waals surface area (Å²) in [6, 6.07) is 0. The predicted octanol–water partition coefficient (Wildman–Crippen LogP) is 0.563. The van der Waals surface area contributed by atoms with Gasteiger partial charge < -0.3 is 14.8 Å². The summed E-state index contributed by atoms with van der Waals surface area (Å²) in [7, 11) is 0. The Morgan fingerprint density at radius 2 is 1.75 bits per heavy atom. The van der Waals surface area contributed by atoms with E-state index in [1.165, 1.54) is 0 Å². The Balaban J connectivity index is 1.92. The van der Waals surface area contributed by atoms with Crippen LogP contribution in [0, 0.1) is 12.8 Å². The van der Waals surface area contributed by atoms with Gasteiger partial charge >= 0.3 is 0 Å². The van der Waals surface area contributed by atoms with Crippen molar-refractivity contribution in [3.63, 3.8) is 0 Å². The lowest BCUT2D eigenvalue weighted by atomic mass is 10.0. The molecule has 2 fully saturated rings. The molecular formula is C9H16NO2. The molecule has 0 aliphatic carbocycles. The van der Waals surface area contributed by atoms with E-state index in [4.69, 9.17) is 9.47 Å². The van der Waals surface area contributed by atoms with Crippen LogP contribution in [0.3, 0.4) is 0 Å². The second-order valence-corrected chi connectivity index (χ2v) is 3.65. The average molecular weight is 170 g/mol. The molecule has 0 aromatic rings. The fourth-order valence-electron chi connectivity index (χ4n) is 1.73. The summed E-state index contributed by atoms with van der Waals surface area (Å²) in [5, 5.41) is 3.29. The van der Waals surface area contributed by atoms with Gasteiger partial charge in [-0.15, -0.1) is 0 Å². The molecule has 0 aromatic heterocycles. The topological polar surface area (TPSA) is 30.5 Å². The van der Waals surface area contributed by atoms with Crippen LogP contribution >= 0.6 is 0 Å². The second kappa shape index (κ2) is 3.32. The smallest absolute Gasteiger partial charge is 0.170 e. The molecule has 2 aliphatic rings. The molecule has 2 saturated heterocycles. The van der Waals surface area contributed by atoms with E-state index in [-0.39, 0.29) is 5.79 Å². The van der Waals surface area contributed by atoms with Gasteiger partial charge in [0.1, 0.15) is 0 Å². The van der Waals surface area contributed by atoms with E-state index in [9.17, 15) is 0 Å². The Morgan fingerprint density at radius 3 is 2.33 bits per heavy atom. The van der Waals surface area contributed by atoms with Gasteiger partial charge in [-0.1, -0.05) is 0 Å².